The van der Waals surface area contributed by atoms with Gasteiger partial charge in [-0.2, -0.15) is 0 Å². The molecule has 1 aromatic heterocycles. The lowest BCUT2D eigenvalue weighted by atomic mass is 10.1. The van der Waals surface area contributed by atoms with Gasteiger partial charge in [-0.05, 0) is 34.1 Å². The summed E-state index contributed by atoms with van der Waals surface area (Å²) in [7, 11) is 0. The molecular formula is C13H7BrF2N2O. The van der Waals surface area contributed by atoms with Crippen molar-refractivity contribution in [2.75, 3.05) is 5.73 Å². The molecule has 96 valence electrons. The molecule has 0 aliphatic rings. The number of nitrogens with zero attached hydrogens (tertiary/aromatic N) is 1. The van der Waals surface area contributed by atoms with Gasteiger partial charge in [-0.25, -0.2) is 13.8 Å². The van der Waals surface area contributed by atoms with Crippen LogP contribution in [-0.2, 0) is 0 Å². The van der Waals surface area contributed by atoms with E-state index in [1.807, 2.05) is 0 Å². The lowest BCUT2D eigenvalue weighted by molar-refractivity contribution is 0.508. The first-order valence-corrected chi connectivity index (χ1v) is 6.15. The number of benzene rings is 2. The number of oxazole rings is 1. The normalized spacial score (nSPS) is 11.1. The molecule has 0 atom stereocenters. The van der Waals surface area contributed by atoms with Crippen LogP contribution in [0.5, 0.6) is 0 Å². The molecule has 0 bridgehead atoms. The first-order valence-electron chi connectivity index (χ1n) is 5.36. The Labute approximate surface area is 115 Å². The van der Waals surface area contributed by atoms with Crippen LogP contribution in [-0.4, -0.2) is 4.98 Å². The van der Waals surface area contributed by atoms with Crippen molar-refractivity contribution in [3.05, 3.63) is 46.4 Å². The summed E-state index contributed by atoms with van der Waals surface area (Å²) in [4.78, 5) is 4.21. The Hall–Kier alpha value is -1.95. The zero-order valence-electron chi connectivity index (χ0n) is 9.45. The summed E-state index contributed by atoms with van der Waals surface area (Å²) in [5, 5.41) is 0. The lowest BCUT2D eigenvalue weighted by Gasteiger charge is -2.02. The average Bonchev–Trinajstić information content (AvgIpc) is 2.79. The molecule has 0 amide bonds. The van der Waals surface area contributed by atoms with Gasteiger partial charge in [-0.15, -0.1) is 0 Å². The Morgan fingerprint density at radius 2 is 1.89 bits per heavy atom. The van der Waals surface area contributed by atoms with Crippen molar-refractivity contribution in [2.24, 2.45) is 0 Å². The molecule has 2 N–H and O–H groups in total. The molecule has 3 aromatic rings. The molecule has 6 heteroatoms. The second-order valence-corrected chi connectivity index (χ2v) is 4.82. The van der Waals surface area contributed by atoms with E-state index in [4.69, 9.17) is 10.2 Å². The van der Waals surface area contributed by atoms with E-state index in [-0.39, 0.29) is 17.1 Å². The van der Waals surface area contributed by atoms with Crippen LogP contribution in [0.1, 0.15) is 0 Å². The molecule has 1 heterocycles. The molecule has 19 heavy (non-hydrogen) atoms. The minimum absolute atomic E-state index is 0.0709. The predicted molar refractivity (Wildman–Crippen MR) is 71.5 cm³/mol. The second kappa shape index (κ2) is 4.31. The van der Waals surface area contributed by atoms with Crippen LogP contribution in [0.15, 0.2) is 39.2 Å². The van der Waals surface area contributed by atoms with Crippen LogP contribution >= 0.6 is 15.9 Å². The number of hydrogen-bond acceptors (Lipinski definition) is 3. The van der Waals surface area contributed by atoms with E-state index in [1.165, 1.54) is 0 Å². The predicted octanol–water partition coefficient (Wildman–Crippen LogP) is 4.12. The number of para-hydroxylation sites is 1. The largest absolute Gasteiger partial charge is 0.435 e. The van der Waals surface area contributed by atoms with Gasteiger partial charge in [0, 0.05) is 11.8 Å². The Kier molecular flexibility index (Phi) is 2.74. The minimum atomic E-state index is -1.00. The first-order chi connectivity index (χ1) is 9.06. The van der Waals surface area contributed by atoms with Gasteiger partial charge >= 0.3 is 0 Å². The van der Waals surface area contributed by atoms with Gasteiger partial charge in [0.25, 0.3) is 0 Å². The van der Waals surface area contributed by atoms with Gasteiger partial charge in [0.2, 0.25) is 5.89 Å². The van der Waals surface area contributed by atoms with Crippen molar-refractivity contribution in [1.29, 1.82) is 0 Å². The van der Waals surface area contributed by atoms with Gasteiger partial charge in [-0.1, -0.05) is 6.07 Å². The van der Waals surface area contributed by atoms with Gasteiger partial charge in [0.1, 0.15) is 5.52 Å². The Balaban J connectivity index is 2.25. The number of nitrogens with two attached hydrogens (primary N) is 1. The Morgan fingerprint density at radius 3 is 2.63 bits per heavy atom. The van der Waals surface area contributed by atoms with Gasteiger partial charge < -0.3 is 10.2 Å². The molecule has 3 rings (SSSR count). The smallest absolute Gasteiger partial charge is 0.229 e. The van der Waals surface area contributed by atoms with E-state index in [0.29, 0.717) is 11.1 Å². The van der Waals surface area contributed by atoms with Gasteiger partial charge in [0.15, 0.2) is 17.2 Å². The van der Waals surface area contributed by atoms with Crippen LogP contribution in [0.3, 0.4) is 0 Å². The molecule has 0 fully saturated rings. The molecule has 0 spiro atoms. The highest BCUT2D eigenvalue weighted by Crippen LogP contribution is 2.32. The molecule has 0 unspecified atom stereocenters. The molecule has 0 saturated heterocycles. The van der Waals surface area contributed by atoms with Crippen molar-refractivity contribution >= 4 is 32.7 Å². The van der Waals surface area contributed by atoms with Crippen LogP contribution in [0.4, 0.5) is 14.5 Å². The van der Waals surface area contributed by atoms with Crippen molar-refractivity contribution < 1.29 is 13.2 Å². The van der Waals surface area contributed by atoms with Crippen LogP contribution < -0.4 is 5.73 Å². The average molecular weight is 325 g/mol. The standard InChI is InChI=1S/C13H7BrF2N2O/c14-7-2-1-3-11-12(7)19-13(18-11)6-4-8(15)9(16)5-10(6)17/h1-5H,17H2. The summed E-state index contributed by atoms with van der Waals surface area (Å²) in [6.45, 7) is 0. The fraction of sp³-hybridized carbons (Fsp3) is 0. The maximum absolute atomic E-state index is 13.3. The van der Waals surface area contributed by atoms with Gasteiger partial charge in [-0.3, -0.25) is 0 Å². The fourth-order valence-corrected chi connectivity index (χ4v) is 2.21. The van der Waals surface area contributed by atoms with Crippen LogP contribution in [0, 0.1) is 11.6 Å². The van der Waals surface area contributed by atoms with Crippen molar-refractivity contribution in [3.8, 4) is 11.5 Å². The third kappa shape index (κ3) is 1.98. The van der Waals surface area contributed by atoms with E-state index < -0.39 is 11.6 Å². The zero-order valence-corrected chi connectivity index (χ0v) is 11.0. The number of halogens is 3. The molecule has 0 aliphatic heterocycles. The molecule has 0 radical (unpaired) electrons. The maximum Gasteiger partial charge on any atom is 0.229 e. The van der Waals surface area contributed by atoms with Crippen molar-refractivity contribution in [2.45, 2.75) is 0 Å². The number of fused-ring (bicyclic) bond motifs is 1. The fourth-order valence-electron chi connectivity index (χ4n) is 1.78. The first kappa shape index (κ1) is 12.1. The van der Waals surface area contributed by atoms with Crippen molar-refractivity contribution in [3.63, 3.8) is 0 Å². The Morgan fingerprint density at radius 1 is 1.16 bits per heavy atom. The minimum Gasteiger partial charge on any atom is -0.435 e. The second-order valence-electron chi connectivity index (χ2n) is 3.96. The van der Waals surface area contributed by atoms with Gasteiger partial charge in [0.05, 0.1) is 10.0 Å². The highest BCUT2D eigenvalue weighted by molar-refractivity contribution is 9.10. The van der Waals surface area contributed by atoms with E-state index in [0.717, 1.165) is 16.6 Å². The number of aromatic nitrogens is 1. The molecule has 0 saturated carbocycles. The molecular weight excluding hydrogens is 318 g/mol. The SMILES string of the molecule is Nc1cc(F)c(F)cc1-c1nc2cccc(Br)c2o1. The summed E-state index contributed by atoms with van der Waals surface area (Å²) in [5.74, 6) is -1.85. The highest BCUT2D eigenvalue weighted by Gasteiger charge is 2.15. The quantitative estimate of drug-likeness (QED) is 0.685. The summed E-state index contributed by atoms with van der Waals surface area (Å²) < 4.78 is 32.6. The Bertz CT molecular complexity index is 786. The zero-order chi connectivity index (χ0) is 13.6. The third-order valence-corrected chi connectivity index (χ3v) is 3.31. The topological polar surface area (TPSA) is 52.0 Å². The molecule has 3 nitrogen and oxygen atoms in total. The van der Waals surface area contributed by atoms with E-state index >= 15 is 0 Å². The van der Waals surface area contributed by atoms with Crippen LogP contribution in [0.25, 0.3) is 22.6 Å². The monoisotopic (exact) mass is 324 g/mol. The molecule has 0 aliphatic carbocycles. The number of nitrogen functional groups attached to an aromatic ring is 1. The number of hydrogen-bond donors (Lipinski definition) is 1. The summed E-state index contributed by atoms with van der Waals surface area (Å²) in [5.41, 5.74) is 7.09. The summed E-state index contributed by atoms with van der Waals surface area (Å²) in [6, 6.07) is 7.24. The summed E-state index contributed by atoms with van der Waals surface area (Å²) >= 11 is 3.33. The summed E-state index contributed by atoms with van der Waals surface area (Å²) in [6.07, 6.45) is 0. The maximum atomic E-state index is 13.3. The number of rotatable bonds is 1. The van der Waals surface area contributed by atoms with Crippen molar-refractivity contribution in [1.82, 2.24) is 4.98 Å². The molecule has 2 aromatic carbocycles. The van der Waals surface area contributed by atoms with Crippen LogP contribution in [0.2, 0.25) is 0 Å². The lowest BCUT2D eigenvalue weighted by Crippen LogP contribution is -1.94. The van der Waals surface area contributed by atoms with E-state index in [2.05, 4.69) is 20.9 Å². The van der Waals surface area contributed by atoms with E-state index in [9.17, 15) is 8.78 Å². The highest BCUT2D eigenvalue weighted by atomic mass is 79.9. The third-order valence-electron chi connectivity index (χ3n) is 2.69. The number of anilines is 1. The van der Waals surface area contributed by atoms with E-state index in [1.54, 1.807) is 18.2 Å².